The van der Waals surface area contributed by atoms with E-state index >= 15 is 0 Å². The average Bonchev–Trinajstić information content (AvgIpc) is 2.99. The lowest BCUT2D eigenvalue weighted by Crippen LogP contribution is -2.18. The van der Waals surface area contributed by atoms with Crippen LogP contribution in [-0.2, 0) is 6.54 Å². The summed E-state index contributed by atoms with van der Waals surface area (Å²) in [6.07, 6.45) is 0. The Bertz CT molecular complexity index is 598. The van der Waals surface area contributed by atoms with Crippen LogP contribution in [0.4, 0.5) is 0 Å². The smallest absolute Gasteiger partial charge is 0.170 e. The molecule has 0 saturated heterocycles. The zero-order valence-corrected chi connectivity index (χ0v) is 12.6. The molecule has 0 aliphatic heterocycles. The van der Waals surface area contributed by atoms with Crippen molar-refractivity contribution in [1.29, 1.82) is 0 Å². The molecule has 1 aromatic heterocycles. The molecule has 0 spiro atoms. The van der Waals surface area contributed by atoms with Crippen LogP contribution in [0.1, 0.15) is 29.0 Å². The SMILES string of the molecule is C[C@@H](NCc1ccc(/C(N)=N/O)cc1Cl)c1cccs1. The Hall–Kier alpha value is -1.56. The van der Waals surface area contributed by atoms with Crippen LogP contribution in [-0.4, -0.2) is 11.0 Å². The number of rotatable bonds is 5. The molecule has 4 nitrogen and oxygen atoms in total. The summed E-state index contributed by atoms with van der Waals surface area (Å²) in [5, 5.41) is 17.7. The highest BCUT2D eigenvalue weighted by Crippen LogP contribution is 2.21. The van der Waals surface area contributed by atoms with Crippen LogP contribution in [0.3, 0.4) is 0 Å². The molecule has 1 aromatic carbocycles. The van der Waals surface area contributed by atoms with Gasteiger partial charge in [-0.05, 0) is 30.0 Å². The second kappa shape index (κ2) is 6.74. The number of nitrogens with one attached hydrogen (secondary N) is 1. The summed E-state index contributed by atoms with van der Waals surface area (Å²) in [4.78, 5) is 1.29. The van der Waals surface area contributed by atoms with Crippen LogP contribution < -0.4 is 11.1 Å². The van der Waals surface area contributed by atoms with Crippen LogP contribution in [0.5, 0.6) is 0 Å². The largest absolute Gasteiger partial charge is 0.409 e. The van der Waals surface area contributed by atoms with Gasteiger partial charge >= 0.3 is 0 Å². The molecule has 0 aliphatic rings. The molecule has 0 amide bonds. The molecule has 0 saturated carbocycles. The molecule has 1 heterocycles. The van der Waals surface area contributed by atoms with Crippen LogP contribution in [0.2, 0.25) is 5.02 Å². The van der Waals surface area contributed by atoms with E-state index in [4.69, 9.17) is 22.5 Å². The van der Waals surface area contributed by atoms with Crippen LogP contribution >= 0.6 is 22.9 Å². The third-order valence-electron chi connectivity index (χ3n) is 3.03. The fourth-order valence-corrected chi connectivity index (χ4v) is 2.82. The molecule has 20 heavy (non-hydrogen) atoms. The summed E-state index contributed by atoms with van der Waals surface area (Å²) in [5.41, 5.74) is 7.11. The van der Waals surface area contributed by atoms with Gasteiger partial charge in [0.25, 0.3) is 0 Å². The maximum absolute atomic E-state index is 8.64. The third kappa shape index (κ3) is 3.50. The van der Waals surface area contributed by atoms with Crippen molar-refractivity contribution < 1.29 is 5.21 Å². The van der Waals surface area contributed by atoms with E-state index in [0.717, 1.165) is 5.56 Å². The lowest BCUT2D eigenvalue weighted by atomic mass is 10.1. The van der Waals surface area contributed by atoms with Gasteiger partial charge in [-0.2, -0.15) is 0 Å². The monoisotopic (exact) mass is 309 g/mol. The lowest BCUT2D eigenvalue weighted by Gasteiger charge is -2.13. The van der Waals surface area contributed by atoms with Gasteiger partial charge in [0.15, 0.2) is 5.84 Å². The average molecular weight is 310 g/mol. The summed E-state index contributed by atoms with van der Waals surface area (Å²) in [7, 11) is 0. The zero-order valence-electron chi connectivity index (χ0n) is 11.0. The van der Waals surface area contributed by atoms with Crippen molar-refractivity contribution in [3.05, 3.63) is 56.7 Å². The number of amidine groups is 1. The highest BCUT2D eigenvalue weighted by molar-refractivity contribution is 7.10. The van der Waals surface area contributed by atoms with E-state index in [2.05, 4.69) is 28.8 Å². The van der Waals surface area contributed by atoms with Crippen molar-refractivity contribution in [2.75, 3.05) is 0 Å². The summed E-state index contributed by atoms with van der Waals surface area (Å²) >= 11 is 7.93. The molecular formula is C14H16ClN3OS. The first-order valence-corrected chi connectivity index (χ1v) is 7.40. The minimum Gasteiger partial charge on any atom is -0.409 e. The van der Waals surface area contributed by atoms with Crippen molar-refractivity contribution in [1.82, 2.24) is 5.32 Å². The van der Waals surface area contributed by atoms with E-state index in [1.807, 2.05) is 12.1 Å². The number of benzene rings is 1. The number of nitrogens with zero attached hydrogens (tertiary/aromatic N) is 1. The number of hydrogen-bond donors (Lipinski definition) is 3. The second-order valence-corrected chi connectivity index (χ2v) is 5.80. The molecule has 2 aromatic rings. The molecule has 0 unspecified atom stereocenters. The maximum Gasteiger partial charge on any atom is 0.170 e. The Kier molecular flexibility index (Phi) is 5.00. The normalized spacial score (nSPS) is 13.4. The third-order valence-corrected chi connectivity index (χ3v) is 4.43. The Labute approximate surface area is 126 Å². The Morgan fingerprint density at radius 1 is 1.50 bits per heavy atom. The molecular weight excluding hydrogens is 294 g/mol. The molecule has 0 fully saturated rings. The molecule has 1 atom stereocenters. The summed E-state index contributed by atoms with van der Waals surface area (Å²) in [6.45, 7) is 2.78. The number of hydrogen-bond acceptors (Lipinski definition) is 4. The number of thiophene rings is 1. The quantitative estimate of drug-likeness (QED) is 0.343. The molecule has 6 heteroatoms. The molecule has 106 valence electrons. The topological polar surface area (TPSA) is 70.6 Å². The van der Waals surface area contributed by atoms with Gasteiger partial charge in [0, 0.05) is 28.0 Å². The predicted molar refractivity (Wildman–Crippen MR) is 83.5 cm³/mol. The van der Waals surface area contributed by atoms with Gasteiger partial charge in [-0.15, -0.1) is 11.3 Å². The van der Waals surface area contributed by atoms with Gasteiger partial charge in [0.1, 0.15) is 0 Å². The van der Waals surface area contributed by atoms with E-state index in [-0.39, 0.29) is 11.9 Å². The van der Waals surface area contributed by atoms with E-state index in [1.54, 1.807) is 23.5 Å². The highest BCUT2D eigenvalue weighted by Gasteiger charge is 2.08. The van der Waals surface area contributed by atoms with E-state index in [9.17, 15) is 0 Å². The van der Waals surface area contributed by atoms with E-state index < -0.39 is 0 Å². The summed E-state index contributed by atoms with van der Waals surface area (Å²) in [5.74, 6) is 0.0540. The van der Waals surface area contributed by atoms with Crippen molar-refractivity contribution in [2.24, 2.45) is 10.9 Å². The van der Waals surface area contributed by atoms with Crippen LogP contribution in [0.15, 0.2) is 40.9 Å². The fourth-order valence-electron chi connectivity index (χ4n) is 1.81. The van der Waals surface area contributed by atoms with Gasteiger partial charge in [-0.25, -0.2) is 0 Å². The van der Waals surface area contributed by atoms with Crippen molar-refractivity contribution in [3.63, 3.8) is 0 Å². The molecule has 0 aliphatic carbocycles. The standard InChI is InChI=1S/C14H16ClN3OS/c1-9(13-3-2-6-20-13)17-8-11-5-4-10(7-12(11)15)14(16)18-19/h2-7,9,17,19H,8H2,1H3,(H2,16,18)/t9-/m1/s1. The lowest BCUT2D eigenvalue weighted by molar-refractivity contribution is 0.318. The van der Waals surface area contributed by atoms with Gasteiger partial charge < -0.3 is 16.3 Å². The number of oxime groups is 1. The van der Waals surface area contributed by atoms with Crippen molar-refractivity contribution >= 4 is 28.8 Å². The summed E-state index contributed by atoms with van der Waals surface area (Å²) in [6, 6.07) is 9.78. The molecule has 0 radical (unpaired) electrons. The number of halogens is 1. The van der Waals surface area contributed by atoms with Gasteiger partial charge in [0.2, 0.25) is 0 Å². The highest BCUT2D eigenvalue weighted by atomic mass is 35.5. The van der Waals surface area contributed by atoms with Gasteiger partial charge in [-0.3, -0.25) is 0 Å². The Morgan fingerprint density at radius 2 is 2.30 bits per heavy atom. The minimum absolute atomic E-state index is 0.0540. The second-order valence-electron chi connectivity index (χ2n) is 4.41. The van der Waals surface area contributed by atoms with Crippen LogP contribution in [0.25, 0.3) is 0 Å². The van der Waals surface area contributed by atoms with Crippen LogP contribution in [0, 0.1) is 0 Å². The first-order chi connectivity index (χ1) is 9.61. The Morgan fingerprint density at radius 3 is 2.90 bits per heavy atom. The number of nitrogens with two attached hydrogens (primary N) is 1. The van der Waals surface area contributed by atoms with Gasteiger partial charge in [0.05, 0.1) is 0 Å². The first kappa shape index (κ1) is 14.8. The first-order valence-electron chi connectivity index (χ1n) is 6.15. The van der Waals surface area contributed by atoms with E-state index in [0.29, 0.717) is 17.1 Å². The van der Waals surface area contributed by atoms with Gasteiger partial charge in [-0.1, -0.05) is 35.0 Å². The van der Waals surface area contributed by atoms with Crippen molar-refractivity contribution in [3.8, 4) is 0 Å². The Balaban J connectivity index is 2.03. The fraction of sp³-hybridized carbons (Fsp3) is 0.214. The maximum atomic E-state index is 8.64. The summed E-state index contributed by atoms with van der Waals surface area (Å²) < 4.78 is 0. The minimum atomic E-state index is 0.0540. The predicted octanol–water partition coefficient (Wildman–Crippen LogP) is 3.35. The zero-order chi connectivity index (χ0) is 14.5. The van der Waals surface area contributed by atoms with E-state index in [1.165, 1.54) is 4.88 Å². The molecule has 0 bridgehead atoms. The van der Waals surface area contributed by atoms with Crippen molar-refractivity contribution in [2.45, 2.75) is 19.5 Å². The molecule has 2 rings (SSSR count). The molecule has 4 N–H and O–H groups in total.